The highest BCUT2D eigenvalue weighted by atomic mass is 32.1. The SMILES string of the molecule is CN(Cc1cc(-c2ccccn2)no1)Cc1ccc(C2CCNN2)s1. The molecular weight excluding hydrogens is 334 g/mol. The summed E-state index contributed by atoms with van der Waals surface area (Å²) in [5.74, 6) is 0.849. The van der Waals surface area contributed by atoms with Gasteiger partial charge < -0.3 is 4.52 Å². The molecule has 4 heterocycles. The Hall–Kier alpha value is -2.06. The lowest BCUT2D eigenvalue weighted by Crippen LogP contribution is -2.24. The lowest BCUT2D eigenvalue weighted by atomic mass is 10.2. The van der Waals surface area contributed by atoms with Crippen LogP contribution >= 0.6 is 11.3 Å². The third-order valence-corrected chi connectivity index (χ3v) is 5.38. The largest absolute Gasteiger partial charge is 0.359 e. The van der Waals surface area contributed by atoms with Crippen LogP contribution in [0, 0.1) is 0 Å². The quantitative estimate of drug-likeness (QED) is 0.709. The minimum absolute atomic E-state index is 0.444. The molecular formula is C18H21N5OS. The summed E-state index contributed by atoms with van der Waals surface area (Å²) in [4.78, 5) is 9.29. The Labute approximate surface area is 150 Å². The molecule has 7 heteroatoms. The Morgan fingerprint density at radius 1 is 1.24 bits per heavy atom. The van der Waals surface area contributed by atoms with Gasteiger partial charge in [-0.25, -0.2) is 5.43 Å². The van der Waals surface area contributed by atoms with Gasteiger partial charge in [-0.15, -0.1) is 11.3 Å². The van der Waals surface area contributed by atoms with E-state index in [0.717, 1.165) is 43.2 Å². The molecule has 0 aromatic carbocycles. The summed E-state index contributed by atoms with van der Waals surface area (Å²) in [6, 6.07) is 12.6. The highest BCUT2D eigenvalue weighted by Gasteiger charge is 2.18. The molecule has 1 atom stereocenters. The molecule has 0 amide bonds. The van der Waals surface area contributed by atoms with Gasteiger partial charge in [0.15, 0.2) is 5.76 Å². The lowest BCUT2D eigenvalue weighted by Gasteiger charge is -2.13. The molecule has 130 valence electrons. The molecule has 1 aliphatic rings. The van der Waals surface area contributed by atoms with Crippen molar-refractivity contribution in [3.8, 4) is 11.4 Å². The van der Waals surface area contributed by atoms with Crippen molar-refractivity contribution in [2.24, 2.45) is 0 Å². The second-order valence-corrected chi connectivity index (χ2v) is 7.48. The molecule has 6 nitrogen and oxygen atoms in total. The van der Waals surface area contributed by atoms with Crippen molar-refractivity contribution >= 4 is 11.3 Å². The van der Waals surface area contributed by atoms with Crippen LogP contribution in [0.4, 0.5) is 0 Å². The van der Waals surface area contributed by atoms with Gasteiger partial charge in [-0.3, -0.25) is 15.3 Å². The van der Waals surface area contributed by atoms with Crippen LogP contribution in [0.1, 0.15) is 28.0 Å². The summed E-state index contributed by atoms with van der Waals surface area (Å²) >= 11 is 1.87. The zero-order valence-electron chi connectivity index (χ0n) is 14.1. The zero-order valence-corrected chi connectivity index (χ0v) is 14.9. The highest BCUT2D eigenvalue weighted by molar-refractivity contribution is 7.12. The normalized spacial score (nSPS) is 17.4. The Balaban J connectivity index is 1.36. The van der Waals surface area contributed by atoms with E-state index in [4.69, 9.17) is 4.52 Å². The monoisotopic (exact) mass is 355 g/mol. The van der Waals surface area contributed by atoms with E-state index in [2.05, 4.69) is 45.1 Å². The number of nitrogens with zero attached hydrogens (tertiary/aromatic N) is 3. The molecule has 25 heavy (non-hydrogen) atoms. The molecule has 3 aromatic heterocycles. The number of thiophene rings is 1. The third kappa shape index (κ3) is 3.96. The number of hydrogen-bond acceptors (Lipinski definition) is 7. The number of aromatic nitrogens is 2. The molecule has 2 N–H and O–H groups in total. The van der Waals surface area contributed by atoms with Crippen molar-refractivity contribution in [2.45, 2.75) is 25.6 Å². The second kappa shape index (κ2) is 7.45. The first kappa shape index (κ1) is 16.4. The summed E-state index contributed by atoms with van der Waals surface area (Å²) in [7, 11) is 2.09. The Morgan fingerprint density at radius 2 is 2.20 bits per heavy atom. The minimum atomic E-state index is 0.444. The van der Waals surface area contributed by atoms with Crippen LogP contribution in [0.5, 0.6) is 0 Å². The van der Waals surface area contributed by atoms with Crippen molar-refractivity contribution in [1.29, 1.82) is 0 Å². The van der Waals surface area contributed by atoms with Gasteiger partial charge >= 0.3 is 0 Å². The summed E-state index contributed by atoms with van der Waals surface area (Å²) in [6.45, 7) is 2.64. The maximum Gasteiger partial charge on any atom is 0.151 e. The fraction of sp³-hybridized carbons (Fsp3) is 0.333. The third-order valence-electron chi connectivity index (χ3n) is 4.20. The molecule has 1 unspecified atom stereocenters. The molecule has 4 rings (SSSR count). The molecule has 1 aliphatic heterocycles. The van der Waals surface area contributed by atoms with Gasteiger partial charge in [0.05, 0.1) is 18.3 Å². The van der Waals surface area contributed by atoms with Crippen LogP contribution in [0.2, 0.25) is 0 Å². The van der Waals surface area contributed by atoms with Crippen LogP contribution in [0.3, 0.4) is 0 Å². The fourth-order valence-corrected chi connectivity index (χ4v) is 4.15. The standard InChI is InChI=1S/C18H21N5OS/c1-23(12-14-5-6-18(25-14)16-7-9-20-21-16)11-13-10-17(22-24-13)15-4-2-3-8-19-15/h2-6,8,10,16,20-21H,7,9,11-12H2,1H3. The predicted molar refractivity (Wildman–Crippen MR) is 97.7 cm³/mol. The van der Waals surface area contributed by atoms with Gasteiger partial charge in [-0.2, -0.15) is 0 Å². The van der Waals surface area contributed by atoms with Crippen molar-refractivity contribution < 1.29 is 4.52 Å². The smallest absolute Gasteiger partial charge is 0.151 e. The summed E-state index contributed by atoms with van der Waals surface area (Å²) in [5, 5.41) is 4.13. The van der Waals surface area contributed by atoms with E-state index in [1.165, 1.54) is 9.75 Å². The van der Waals surface area contributed by atoms with E-state index >= 15 is 0 Å². The Bertz CT molecular complexity index is 810. The van der Waals surface area contributed by atoms with Crippen LogP contribution in [0.25, 0.3) is 11.4 Å². The average Bonchev–Trinajstić information content (AvgIpc) is 3.37. The minimum Gasteiger partial charge on any atom is -0.359 e. The topological polar surface area (TPSA) is 66.2 Å². The number of hydrazine groups is 1. The second-order valence-electron chi connectivity index (χ2n) is 6.28. The molecule has 1 saturated heterocycles. The highest BCUT2D eigenvalue weighted by Crippen LogP contribution is 2.27. The first-order valence-electron chi connectivity index (χ1n) is 8.40. The Kier molecular flexibility index (Phi) is 4.89. The number of nitrogens with one attached hydrogen (secondary N) is 2. The van der Waals surface area contributed by atoms with Gasteiger partial charge in [-0.05, 0) is 37.7 Å². The number of rotatable bonds is 6. The number of hydrogen-bond donors (Lipinski definition) is 2. The first-order chi connectivity index (χ1) is 12.3. The molecule has 0 saturated carbocycles. The summed E-state index contributed by atoms with van der Waals surface area (Å²) in [6.07, 6.45) is 2.91. The van der Waals surface area contributed by atoms with Gasteiger partial charge in [0.2, 0.25) is 0 Å². The first-order valence-corrected chi connectivity index (χ1v) is 9.22. The average molecular weight is 355 g/mol. The fourth-order valence-electron chi connectivity index (χ4n) is 2.97. The van der Waals surface area contributed by atoms with Gasteiger partial charge in [-0.1, -0.05) is 11.2 Å². The number of pyridine rings is 1. The molecule has 0 spiro atoms. The van der Waals surface area contributed by atoms with Crippen LogP contribution in [-0.4, -0.2) is 28.6 Å². The molecule has 0 radical (unpaired) electrons. The van der Waals surface area contributed by atoms with Crippen molar-refractivity contribution in [3.05, 3.63) is 58.1 Å². The molecule has 3 aromatic rings. The van der Waals surface area contributed by atoms with E-state index in [1.807, 2.05) is 35.6 Å². The molecule has 0 aliphatic carbocycles. The zero-order chi connectivity index (χ0) is 17.1. The Morgan fingerprint density at radius 3 is 3.00 bits per heavy atom. The van der Waals surface area contributed by atoms with Gasteiger partial charge in [0, 0.05) is 35.1 Å². The van der Waals surface area contributed by atoms with E-state index in [0.29, 0.717) is 6.04 Å². The van der Waals surface area contributed by atoms with Gasteiger partial charge in [0.25, 0.3) is 0 Å². The van der Waals surface area contributed by atoms with Crippen molar-refractivity contribution in [1.82, 2.24) is 25.9 Å². The summed E-state index contributed by atoms with van der Waals surface area (Å²) in [5.41, 5.74) is 8.12. The van der Waals surface area contributed by atoms with Crippen molar-refractivity contribution in [3.63, 3.8) is 0 Å². The summed E-state index contributed by atoms with van der Waals surface area (Å²) < 4.78 is 5.47. The van der Waals surface area contributed by atoms with Crippen LogP contribution in [-0.2, 0) is 13.1 Å². The maximum absolute atomic E-state index is 5.47. The lowest BCUT2D eigenvalue weighted by molar-refractivity contribution is 0.268. The van der Waals surface area contributed by atoms with E-state index in [-0.39, 0.29) is 0 Å². The predicted octanol–water partition coefficient (Wildman–Crippen LogP) is 2.97. The van der Waals surface area contributed by atoms with Gasteiger partial charge in [0.1, 0.15) is 5.69 Å². The van der Waals surface area contributed by atoms with Crippen LogP contribution < -0.4 is 10.9 Å². The van der Waals surface area contributed by atoms with Crippen LogP contribution in [0.15, 0.2) is 47.1 Å². The maximum atomic E-state index is 5.47. The van der Waals surface area contributed by atoms with Crippen molar-refractivity contribution in [2.75, 3.05) is 13.6 Å². The van der Waals surface area contributed by atoms with E-state index in [1.54, 1.807) is 6.20 Å². The van der Waals surface area contributed by atoms with E-state index in [9.17, 15) is 0 Å². The van der Waals surface area contributed by atoms with E-state index < -0.39 is 0 Å². The molecule has 1 fully saturated rings. The molecule has 0 bridgehead atoms.